The molecule has 0 bridgehead atoms. The van der Waals surface area contributed by atoms with Gasteiger partial charge in [0, 0.05) is 25.4 Å². The summed E-state index contributed by atoms with van der Waals surface area (Å²) in [6, 6.07) is 10.4. The van der Waals surface area contributed by atoms with E-state index in [1.165, 1.54) is 0 Å². The Bertz CT molecular complexity index is 923. The summed E-state index contributed by atoms with van der Waals surface area (Å²) >= 11 is 0. The lowest BCUT2D eigenvalue weighted by Crippen LogP contribution is -2.26. The van der Waals surface area contributed by atoms with Crippen LogP contribution in [0.15, 0.2) is 58.2 Å². The highest BCUT2D eigenvalue weighted by Crippen LogP contribution is 2.16. The maximum Gasteiger partial charge on any atom is 0.259 e. The number of rotatable bonds is 6. The normalized spacial score (nSPS) is 11.5. The second kappa shape index (κ2) is 6.90. The van der Waals surface area contributed by atoms with Crippen molar-refractivity contribution in [3.63, 3.8) is 0 Å². The molecular formula is C16H16N4O3S. The molecule has 2 heterocycles. The number of aryl methyl sites for hydroxylation is 1. The van der Waals surface area contributed by atoms with E-state index >= 15 is 0 Å². The number of benzene rings is 1. The van der Waals surface area contributed by atoms with Gasteiger partial charge in [0.1, 0.15) is 0 Å². The first-order valence-corrected chi connectivity index (χ1v) is 8.83. The molecule has 1 aromatic carbocycles. The average molecular weight is 344 g/mol. The highest BCUT2D eigenvalue weighted by Gasteiger charge is 2.16. The van der Waals surface area contributed by atoms with Crippen molar-refractivity contribution in [1.29, 1.82) is 0 Å². The van der Waals surface area contributed by atoms with Crippen LogP contribution in [0.4, 0.5) is 0 Å². The van der Waals surface area contributed by atoms with Gasteiger partial charge in [0.05, 0.1) is 10.5 Å². The molecule has 3 aromatic rings. The Balaban J connectivity index is 1.63. The third kappa shape index (κ3) is 3.66. The molecule has 3 rings (SSSR count). The Morgan fingerprint density at radius 1 is 1.17 bits per heavy atom. The minimum Gasteiger partial charge on any atom is -0.334 e. The van der Waals surface area contributed by atoms with E-state index in [1.54, 1.807) is 49.6 Å². The molecule has 0 fully saturated rings. The summed E-state index contributed by atoms with van der Waals surface area (Å²) in [5.41, 5.74) is 1.42. The van der Waals surface area contributed by atoms with Gasteiger partial charge in [-0.2, -0.15) is 4.98 Å². The van der Waals surface area contributed by atoms with Crippen LogP contribution in [0.1, 0.15) is 11.4 Å². The highest BCUT2D eigenvalue weighted by molar-refractivity contribution is 7.89. The van der Waals surface area contributed by atoms with Crippen LogP contribution in [-0.4, -0.2) is 30.1 Å². The molecule has 2 aromatic heterocycles. The Morgan fingerprint density at radius 3 is 2.75 bits per heavy atom. The van der Waals surface area contributed by atoms with Crippen LogP contribution in [0, 0.1) is 6.92 Å². The van der Waals surface area contributed by atoms with E-state index in [9.17, 15) is 8.42 Å². The Hall–Kier alpha value is -2.58. The lowest BCUT2D eigenvalue weighted by molar-refractivity contribution is 0.422. The second-order valence-electron chi connectivity index (χ2n) is 5.17. The lowest BCUT2D eigenvalue weighted by atomic mass is 10.2. The number of sulfonamides is 1. The fourth-order valence-electron chi connectivity index (χ4n) is 2.19. The predicted octanol–water partition coefficient (Wildman–Crippen LogP) is 1.96. The Morgan fingerprint density at radius 2 is 2.00 bits per heavy atom. The van der Waals surface area contributed by atoms with E-state index in [-0.39, 0.29) is 11.4 Å². The van der Waals surface area contributed by atoms with Gasteiger partial charge in [-0.25, -0.2) is 13.1 Å². The largest absolute Gasteiger partial charge is 0.334 e. The van der Waals surface area contributed by atoms with Gasteiger partial charge in [-0.05, 0) is 30.7 Å². The fourth-order valence-corrected chi connectivity index (χ4v) is 3.47. The maximum atomic E-state index is 12.3. The molecule has 0 atom stereocenters. The smallest absolute Gasteiger partial charge is 0.259 e. The van der Waals surface area contributed by atoms with Gasteiger partial charge in [-0.15, -0.1) is 0 Å². The number of hydrogen-bond acceptors (Lipinski definition) is 6. The van der Waals surface area contributed by atoms with Gasteiger partial charge in [-0.3, -0.25) is 4.98 Å². The predicted molar refractivity (Wildman–Crippen MR) is 87.6 cm³/mol. The van der Waals surface area contributed by atoms with Gasteiger partial charge in [-0.1, -0.05) is 23.4 Å². The summed E-state index contributed by atoms with van der Waals surface area (Å²) in [5, 5.41) is 3.85. The Kier molecular flexibility index (Phi) is 4.68. The summed E-state index contributed by atoms with van der Waals surface area (Å²) in [5.74, 6) is 0.793. The molecule has 0 spiro atoms. The van der Waals surface area contributed by atoms with Crippen LogP contribution >= 0.6 is 0 Å². The zero-order valence-corrected chi connectivity index (χ0v) is 13.8. The van der Waals surface area contributed by atoms with Crippen molar-refractivity contribution < 1.29 is 12.9 Å². The number of nitrogens with zero attached hydrogens (tertiary/aromatic N) is 3. The topological polar surface area (TPSA) is 98.0 Å². The van der Waals surface area contributed by atoms with Crippen LogP contribution in [0.25, 0.3) is 11.5 Å². The van der Waals surface area contributed by atoms with Crippen molar-refractivity contribution in [3.8, 4) is 11.5 Å². The molecule has 8 heteroatoms. The zero-order valence-electron chi connectivity index (χ0n) is 13.0. The van der Waals surface area contributed by atoms with E-state index in [1.807, 2.05) is 6.07 Å². The van der Waals surface area contributed by atoms with Gasteiger partial charge in [0.2, 0.25) is 10.0 Å². The number of pyridine rings is 1. The van der Waals surface area contributed by atoms with Gasteiger partial charge < -0.3 is 4.52 Å². The van der Waals surface area contributed by atoms with Crippen LogP contribution in [0.5, 0.6) is 0 Å². The molecule has 0 saturated carbocycles. The zero-order chi connectivity index (χ0) is 17.0. The van der Waals surface area contributed by atoms with Crippen LogP contribution in [-0.2, 0) is 16.4 Å². The first-order valence-electron chi connectivity index (χ1n) is 7.34. The van der Waals surface area contributed by atoms with Crippen molar-refractivity contribution in [1.82, 2.24) is 19.8 Å². The van der Waals surface area contributed by atoms with Crippen molar-refractivity contribution in [2.24, 2.45) is 0 Å². The quantitative estimate of drug-likeness (QED) is 0.734. The molecule has 0 radical (unpaired) electrons. The third-order valence-electron chi connectivity index (χ3n) is 3.40. The minimum absolute atomic E-state index is 0.183. The number of aromatic nitrogens is 3. The number of nitrogens with one attached hydrogen (secondary N) is 1. The molecule has 0 aliphatic heterocycles. The molecule has 7 nitrogen and oxygen atoms in total. The summed E-state index contributed by atoms with van der Waals surface area (Å²) < 4.78 is 32.3. The second-order valence-corrected chi connectivity index (χ2v) is 6.91. The van der Waals surface area contributed by atoms with E-state index in [2.05, 4.69) is 19.8 Å². The van der Waals surface area contributed by atoms with Crippen LogP contribution in [0.3, 0.4) is 0 Å². The van der Waals surface area contributed by atoms with Crippen molar-refractivity contribution >= 4 is 10.0 Å². The molecule has 1 N–H and O–H groups in total. The fraction of sp³-hybridized carbons (Fsp3) is 0.188. The Labute approximate surface area is 139 Å². The molecule has 0 aliphatic rings. The van der Waals surface area contributed by atoms with E-state index in [0.717, 1.165) is 5.56 Å². The standard InChI is InChI=1S/C16H16N4O3S/c1-12-5-2-3-7-14(12)24(21,22)18-10-8-15-19-16(23-20-15)13-6-4-9-17-11-13/h2-7,9,11,18H,8,10H2,1H3. The van der Waals surface area contributed by atoms with Crippen LogP contribution < -0.4 is 4.72 Å². The molecule has 0 unspecified atom stereocenters. The van der Waals surface area contributed by atoms with E-state index in [0.29, 0.717) is 23.7 Å². The highest BCUT2D eigenvalue weighted by atomic mass is 32.2. The van der Waals surface area contributed by atoms with Crippen LogP contribution in [0.2, 0.25) is 0 Å². The first-order chi connectivity index (χ1) is 11.6. The van der Waals surface area contributed by atoms with Crippen molar-refractivity contribution in [3.05, 3.63) is 60.2 Å². The SMILES string of the molecule is Cc1ccccc1S(=O)(=O)NCCc1noc(-c2cccnc2)n1. The van der Waals surface area contributed by atoms with Gasteiger partial charge in [0.25, 0.3) is 5.89 Å². The maximum absolute atomic E-state index is 12.3. The molecular weight excluding hydrogens is 328 g/mol. The molecule has 0 saturated heterocycles. The van der Waals surface area contributed by atoms with E-state index in [4.69, 9.17) is 4.52 Å². The van der Waals surface area contributed by atoms with E-state index < -0.39 is 10.0 Å². The molecule has 0 aliphatic carbocycles. The van der Waals surface area contributed by atoms with Crippen molar-refractivity contribution in [2.75, 3.05) is 6.54 Å². The lowest BCUT2D eigenvalue weighted by Gasteiger charge is -2.07. The number of hydrogen-bond donors (Lipinski definition) is 1. The molecule has 124 valence electrons. The summed E-state index contributed by atoms with van der Waals surface area (Å²) in [6.07, 6.45) is 3.61. The van der Waals surface area contributed by atoms with Crippen molar-refractivity contribution in [2.45, 2.75) is 18.2 Å². The minimum atomic E-state index is -3.55. The van der Waals surface area contributed by atoms with Gasteiger partial charge >= 0.3 is 0 Å². The van der Waals surface area contributed by atoms with Gasteiger partial charge in [0.15, 0.2) is 5.82 Å². The summed E-state index contributed by atoms with van der Waals surface area (Å²) in [7, 11) is -3.55. The average Bonchev–Trinajstić information content (AvgIpc) is 3.05. The third-order valence-corrected chi connectivity index (χ3v) is 5.02. The molecule has 0 amide bonds. The summed E-state index contributed by atoms with van der Waals surface area (Å²) in [6.45, 7) is 1.94. The molecule has 24 heavy (non-hydrogen) atoms. The monoisotopic (exact) mass is 344 g/mol. The summed E-state index contributed by atoms with van der Waals surface area (Å²) in [4.78, 5) is 8.50. The first kappa shape index (κ1) is 16.3.